The molecule has 0 N–H and O–H groups in total. The molecule has 0 amide bonds. The normalized spacial score (nSPS) is 11.5. The standard InChI is InChI=1S/C16H9F3N2O3/c17-16(18,19)12-5-1-11(2-6-12)15-20-9-14(24-15)10-3-7-13(8-4-10)21(22)23/h1-9H. The van der Waals surface area contributed by atoms with Crippen LogP contribution in [0.5, 0.6) is 0 Å². The molecule has 5 nitrogen and oxygen atoms in total. The third-order valence-corrected chi connectivity index (χ3v) is 3.33. The van der Waals surface area contributed by atoms with Crippen molar-refractivity contribution in [2.24, 2.45) is 0 Å². The average molecular weight is 334 g/mol. The summed E-state index contributed by atoms with van der Waals surface area (Å²) in [5.41, 5.74) is 0.164. The lowest BCUT2D eigenvalue weighted by Crippen LogP contribution is -2.03. The lowest BCUT2D eigenvalue weighted by Gasteiger charge is -2.06. The van der Waals surface area contributed by atoms with E-state index in [0.717, 1.165) is 12.1 Å². The van der Waals surface area contributed by atoms with Gasteiger partial charge in [-0.3, -0.25) is 10.1 Å². The Morgan fingerprint density at radius 3 is 2.08 bits per heavy atom. The number of rotatable bonds is 3. The van der Waals surface area contributed by atoms with E-state index in [1.54, 1.807) is 0 Å². The zero-order valence-corrected chi connectivity index (χ0v) is 11.9. The van der Waals surface area contributed by atoms with Gasteiger partial charge in [0.05, 0.1) is 16.7 Å². The van der Waals surface area contributed by atoms with Gasteiger partial charge in [-0.1, -0.05) is 0 Å². The molecule has 0 aliphatic heterocycles. The summed E-state index contributed by atoms with van der Waals surface area (Å²) in [5, 5.41) is 10.6. The molecular formula is C16H9F3N2O3. The first-order valence-corrected chi connectivity index (χ1v) is 6.73. The van der Waals surface area contributed by atoms with Crippen molar-refractivity contribution in [3.8, 4) is 22.8 Å². The van der Waals surface area contributed by atoms with E-state index >= 15 is 0 Å². The fourth-order valence-electron chi connectivity index (χ4n) is 2.09. The number of non-ortho nitro benzene ring substituents is 1. The number of nitrogens with zero attached hydrogens (tertiary/aromatic N) is 2. The lowest BCUT2D eigenvalue weighted by atomic mass is 10.1. The van der Waals surface area contributed by atoms with Crippen LogP contribution in [0.1, 0.15) is 5.56 Å². The first-order chi connectivity index (χ1) is 11.3. The maximum absolute atomic E-state index is 12.5. The topological polar surface area (TPSA) is 69.2 Å². The van der Waals surface area contributed by atoms with E-state index in [-0.39, 0.29) is 11.6 Å². The number of nitro groups is 1. The summed E-state index contributed by atoms with van der Waals surface area (Å²) in [6.45, 7) is 0. The Balaban J connectivity index is 1.86. The average Bonchev–Trinajstić information content (AvgIpc) is 3.04. The fraction of sp³-hybridized carbons (Fsp3) is 0.0625. The maximum Gasteiger partial charge on any atom is 0.416 e. The zero-order valence-electron chi connectivity index (χ0n) is 11.9. The first-order valence-electron chi connectivity index (χ1n) is 6.73. The molecule has 0 atom stereocenters. The molecule has 0 aliphatic carbocycles. The Bertz CT molecular complexity index is 869. The summed E-state index contributed by atoms with van der Waals surface area (Å²) in [4.78, 5) is 14.1. The highest BCUT2D eigenvalue weighted by molar-refractivity contribution is 5.62. The van der Waals surface area contributed by atoms with Gasteiger partial charge in [0.2, 0.25) is 5.89 Å². The molecular weight excluding hydrogens is 325 g/mol. The van der Waals surface area contributed by atoms with Gasteiger partial charge < -0.3 is 4.42 Å². The molecule has 0 unspecified atom stereocenters. The number of alkyl halides is 3. The van der Waals surface area contributed by atoms with E-state index < -0.39 is 16.7 Å². The van der Waals surface area contributed by atoms with Gasteiger partial charge in [-0.25, -0.2) is 4.98 Å². The van der Waals surface area contributed by atoms with Crippen LogP contribution in [0, 0.1) is 10.1 Å². The van der Waals surface area contributed by atoms with Crippen molar-refractivity contribution in [1.82, 2.24) is 4.98 Å². The third kappa shape index (κ3) is 3.12. The number of aromatic nitrogens is 1. The van der Waals surface area contributed by atoms with Crippen molar-refractivity contribution in [2.45, 2.75) is 6.18 Å². The van der Waals surface area contributed by atoms with Gasteiger partial charge in [0, 0.05) is 23.3 Å². The van der Waals surface area contributed by atoms with Gasteiger partial charge in [-0.2, -0.15) is 13.2 Å². The van der Waals surface area contributed by atoms with Crippen LogP contribution in [0.4, 0.5) is 18.9 Å². The second kappa shape index (κ2) is 5.80. The minimum Gasteiger partial charge on any atom is -0.436 e. The molecule has 1 aromatic heterocycles. The molecule has 0 fully saturated rings. The van der Waals surface area contributed by atoms with Crippen LogP contribution in [0.25, 0.3) is 22.8 Å². The molecule has 0 spiro atoms. The van der Waals surface area contributed by atoms with Crippen LogP contribution in [-0.2, 0) is 6.18 Å². The third-order valence-electron chi connectivity index (χ3n) is 3.33. The molecule has 3 rings (SSSR count). The lowest BCUT2D eigenvalue weighted by molar-refractivity contribution is -0.384. The van der Waals surface area contributed by atoms with E-state index in [0.29, 0.717) is 16.9 Å². The molecule has 0 radical (unpaired) electrons. The van der Waals surface area contributed by atoms with Crippen molar-refractivity contribution in [2.75, 3.05) is 0 Å². The molecule has 0 saturated heterocycles. The second-order valence-corrected chi connectivity index (χ2v) is 4.91. The Labute approximate surface area is 133 Å². The van der Waals surface area contributed by atoms with Crippen molar-refractivity contribution < 1.29 is 22.5 Å². The predicted molar refractivity (Wildman–Crippen MR) is 79.0 cm³/mol. The highest BCUT2D eigenvalue weighted by Crippen LogP contribution is 2.32. The quantitative estimate of drug-likeness (QED) is 0.503. The van der Waals surface area contributed by atoms with Gasteiger partial charge in [-0.05, 0) is 36.4 Å². The number of nitro benzene ring substituents is 1. The van der Waals surface area contributed by atoms with Crippen LogP contribution in [-0.4, -0.2) is 9.91 Å². The number of halogens is 3. The monoisotopic (exact) mass is 334 g/mol. The molecule has 0 aliphatic rings. The molecule has 3 aromatic rings. The van der Waals surface area contributed by atoms with Gasteiger partial charge in [0.1, 0.15) is 0 Å². The molecule has 122 valence electrons. The molecule has 0 saturated carbocycles. The Kier molecular flexibility index (Phi) is 3.80. The van der Waals surface area contributed by atoms with Crippen molar-refractivity contribution >= 4 is 5.69 Å². The molecule has 0 bridgehead atoms. The Morgan fingerprint density at radius 2 is 1.54 bits per heavy atom. The van der Waals surface area contributed by atoms with E-state index in [9.17, 15) is 23.3 Å². The largest absolute Gasteiger partial charge is 0.436 e. The highest BCUT2D eigenvalue weighted by atomic mass is 19.4. The zero-order chi connectivity index (χ0) is 17.3. The first kappa shape index (κ1) is 15.7. The van der Waals surface area contributed by atoms with Crippen molar-refractivity contribution in [3.05, 3.63) is 70.4 Å². The summed E-state index contributed by atoms with van der Waals surface area (Å²) < 4.78 is 43.2. The molecule has 2 aromatic carbocycles. The van der Waals surface area contributed by atoms with Crippen LogP contribution in [0.3, 0.4) is 0 Å². The van der Waals surface area contributed by atoms with E-state index in [2.05, 4.69) is 4.98 Å². The van der Waals surface area contributed by atoms with Crippen molar-refractivity contribution in [1.29, 1.82) is 0 Å². The summed E-state index contributed by atoms with van der Waals surface area (Å²) >= 11 is 0. The Morgan fingerprint density at radius 1 is 0.958 bits per heavy atom. The van der Waals surface area contributed by atoms with Gasteiger partial charge in [0.25, 0.3) is 5.69 Å². The SMILES string of the molecule is O=[N+]([O-])c1ccc(-c2cnc(-c3ccc(C(F)(F)F)cc3)o2)cc1. The molecule has 24 heavy (non-hydrogen) atoms. The summed E-state index contributed by atoms with van der Waals surface area (Å²) in [6, 6.07) is 10.1. The number of benzene rings is 2. The minimum atomic E-state index is -4.40. The van der Waals surface area contributed by atoms with E-state index in [1.165, 1.54) is 42.6 Å². The van der Waals surface area contributed by atoms with Gasteiger partial charge in [-0.15, -0.1) is 0 Å². The van der Waals surface area contributed by atoms with Gasteiger partial charge >= 0.3 is 6.18 Å². The van der Waals surface area contributed by atoms with E-state index in [4.69, 9.17) is 4.42 Å². The minimum absolute atomic E-state index is 0.0544. The maximum atomic E-state index is 12.5. The number of hydrogen-bond acceptors (Lipinski definition) is 4. The summed E-state index contributed by atoms with van der Waals surface area (Å²) in [6.07, 6.45) is -2.99. The highest BCUT2D eigenvalue weighted by Gasteiger charge is 2.30. The number of hydrogen-bond donors (Lipinski definition) is 0. The molecule has 1 heterocycles. The predicted octanol–water partition coefficient (Wildman–Crippen LogP) is 4.94. The van der Waals surface area contributed by atoms with Crippen molar-refractivity contribution in [3.63, 3.8) is 0 Å². The van der Waals surface area contributed by atoms with Crippen LogP contribution in [0.15, 0.2) is 59.1 Å². The summed E-state index contributed by atoms with van der Waals surface area (Å²) in [5.74, 6) is 0.525. The van der Waals surface area contributed by atoms with E-state index in [1.807, 2.05) is 0 Å². The molecule has 8 heteroatoms. The van der Waals surface area contributed by atoms with Crippen LogP contribution in [0.2, 0.25) is 0 Å². The fourth-order valence-corrected chi connectivity index (χ4v) is 2.09. The Hall–Kier alpha value is -3.16. The summed E-state index contributed by atoms with van der Waals surface area (Å²) in [7, 11) is 0. The smallest absolute Gasteiger partial charge is 0.416 e. The van der Waals surface area contributed by atoms with Crippen LogP contribution >= 0.6 is 0 Å². The van der Waals surface area contributed by atoms with Gasteiger partial charge in [0.15, 0.2) is 5.76 Å². The van der Waals surface area contributed by atoms with Crippen LogP contribution < -0.4 is 0 Å². The number of oxazole rings is 1. The second-order valence-electron chi connectivity index (χ2n) is 4.91.